The monoisotopic (exact) mass is 348 g/mol. The molecule has 1 aliphatic heterocycles. The Morgan fingerprint density at radius 2 is 1.62 bits per heavy atom. The summed E-state index contributed by atoms with van der Waals surface area (Å²) in [7, 11) is 0. The van der Waals surface area contributed by atoms with Crippen molar-refractivity contribution in [1.82, 2.24) is 4.90 Å². The van der Waals surface area contributed by atoms with Gasteiger partial charge in [-0.1, -0.05) is 18.2 Å². The summed E-state index contributed by atoms with van der Waals surface area (Å²) >= 11 is 0. The number of hydrogen-bond donors (Lipinski definition) is 0. The number of amides is 1. The van der Waals surface area contributed by atoms with E-state index >= 15 is 0 Å². The largest absolute Gasteiger partial charge is 0.368 e. The van der Waals surface area contributed by atoms with Gasteiger partial charge < -0.3 is 9.80 Å². The third-order valence-corrected chi connectivity index (χ3v) is 6.08. The quantitative estimate of drug-likeness (QED) is 0.814. The standard InChI is InChI=1S/C23H28N2O/c1-17-6-5-9-22(18(17)2)24-12-14-25(15-13-24)23(26)21-11-10-19-7-3-4-8-20(19)16-21/h5-6,9-11,16H,3-4,7-8,12-15H2,1-2H3. The van der Waals surface area contributed by atoms with Crippen LogP contribution in [0.3, 0.4) is 0 Å². The second-order valence-electron chi connectivity index (χ2n) is 7.69. The predicted molar refractivity (Wildman–Crippen MR) is 107 cm³/mol. The molecule has 0 radical (unpaired) electrons. The average molecular weight is 348 g/mol. The summed E-state index contributed by atoms with van der Waals surface area (Å²) in [6.45, 7) is 7.75. The van der Waals surface area contributed by atoms with Crippen LogP contribution in [0.4, 0.5) is 5.69 Å². The smallest absolute Gasteiger partial charge is 0.253 e. The second kappa shape index (κ2) is 7.14. The van der Waals surface area contributed by atoms with E-state index in [2.05, 4.69) is 49.1 Å². The first-order valence-electron chi connectivity index (χ1n) is 9.86. The summed E-state index contributed by atoms with van der Waals surface area (Å²) < 4.78 is 0. The van der Waals surface area contributed by atoms with Crippen LogP contribution in [0.15, 0.2) is 36.4 Å². The van der Waals surface area contributed by atoms with Gasteiger partial charge in [-0.05, 0) is 80.0 Å². The number of piperazine rings is 1. The van der Waals surface area contributed by atoms with Crippen molar-refractivity contribution in [2.75, 3.05) is 31.1 Å². The van der Waals surface area contributed by atoms with Gasteiger partial charge in [0.15, 0.2) is 0 Å². The fourth-order valence-corrected chi connectivity index (χ4v) is 4.28. The summed E-state index contributed by atoms with van der Waals surface area (Å²) in [6, 6.07) is 12.8. The van der Waals surface area contributed by atoms with E-state index in [1.807, 2.05) is 11.0 Å². The summed E-state index contributed by atoms with van der Waals surface area (Å²) in [6.07, 6.45) is 4.81. The lowest BCUT2D eigenvalue weighted by atomic mass is 9.90. The van der Waals surface area contributed by atoms with Crippen molar-refractivity contribution in [3.05, 3.63) is 64.2 Å². The molecule has 26 heavy (non-hydrogen) atoms. The maximum absolute atomic E-state index is 13.0. The SMILES string of the molecule is Cc1cccc(N2CCN(C(=O)c3ccc4c(c3)CCCC4)CC2)c1C. The van der Waals surface area contributed by atoms with Gasteiger partial charge in [0.05, 0.1) is 0 Å². The van der Waals surface area contributed by atoms with E-state index in [1.165, 1.54) is 47.2 Å². The zero-order valence-corrected chi connectivity index (χ0v) is 15.9. The highest BCUT2D eigenvalue weighted by atomic mass is 16.2. The molecule has 3 heteroatoms. The minimum absolute atomic E-state index is 0.194. The van der Waals surface area contributed by atoms with Gasteiger partial charge in [-0.25, -0.2) is 0 Å². The lowest BCUT2D eigenvalue weighted by Crippen LogP contribution is -2.49. The van der Waals surface area contributed by atoms with Crippen LogP contribution in [0.25, 0.3) is 0 Å². The van der Waals surface area contributed by atoms with E-state index < -0.39 is 0 Å². The van der Waals surface area contributed by atoms with Crippen LogP contribution in [0, 0.1) is 13.8 Å². The van der Waals surface area contributed by atoms with Crippen molar-refractivity contribution >= 4 is 11.6 Å². The molecular weight excluding hydrogens is 320 g/mol. The molecule has 0 unspecified atom stereocenters. The Bertz CT molecular complexity index is 819. The van der Waals surface area contributed by atoms with E-state index in [0.717, 1.165) is 38.2 Å². The zero-order chi connectivity index (χ0) is 18.1. The lowest BCUT2D eigenvalue weighted by Gasteiger charge is -2.37. The third kappa shape index (κ3) is 3.23. The highest BCUT2D eigenvalue weighted by molar-refractivity contribution is 5.94. The summed E-state index contributed by atoms with van der Waals surface area (Å²) in [5, 5.41) is 0. The van der Waals surface area contributed by atoms with Gasteiger partial charge in [0.25, 0.3) is 5.91 Å². The minimum atomic E-state index is 0.194. The summed E-state index contributed by atoms with van der Waals surface area (Å²) in [5.74, 6) is 0.194. The Kier molecular flexibility index (Phi) is 4.71. The van der Waals surface area contributed by atoms with Gasteiger partial charge in [-0.3, -0.25) is 4.79 Å². The van der Waals surface area contributed by atoms with Crippen LogP contribution >= 0.6 is 0 Å². The number of fused-ring (bicyclic) bond motifs is 1. The van der Waals surface area contributed by atoms with Gasteiger partial charge in [0, 0.05) is 37.4 Å². The molecule has 0 saturated carbocycles. The zero-order valence-electron chi connectivity index (χ0n) is 15.9. The molecule has 1 amide bonds. The van der Waals surface area contributed by atoms with Crippen molar-refractivity contribution in [3.8, 4) is 0 Å². The highest BCUT2D eigenvalue weighted by Crippen LogP contribution is 2.25. The van der Waals surface area contributed by atoms with Gasteiger partial charge in [-0.15, -0.1) is 0 Å². The number of rotatable bonds is 2. The van der Waals surface area contributed by atoms with E-state index in [-0.39, 0.29) is 5.91 Å². The maximum atomic E-state index is 13.0. The average Bonchev–Trinajstić information content (AvgIpc) is 2.69. The van der Waals surface area contributed by atoms with Crippen molar-refractivity contribution in [2.24, 2.45) is 0 Å². The van der Waals surface area contributed by atoms with E-state index in [0.29, 0.717) is 0 Å². The number of aryl methyl sites for hydroxylation is 3. The number of nitrogens with zero attached hydrogens (tertiary/aromatic N) is 2. The Morgan fingerprint density at radius 1 is 0.885 bits per heavy atom. The van der Waals surface area contributed by atoms with Crippen LogP contribution in [0.2, 0.25) is 0 Å². The molecule has 3 nitrogen and oxygen atoms in total. The molecule has 1 aliphatic carbocycles. The van der Waals surface area contributed by atoms with Crippen molar-refractivity contribution in [2.45, 2.75) is 39.5 Å². The molecule has 2 aromatic rings. The molecule has 0 aromatic heterocycles. The fraction of sp³-hybridized carbons (Fsp3) is 0.435. The number of anilines is 1. The van der Waals surface area contributed by atoms with Gasteiger partial charge in [0.2, 0.25) is 0 Å². The predicted octanol–water partition coefficient (Wildman–Crippen LogP) is 4.14. The molecular formula is C23H28N2O. The van der Waals surface area contributed by atoms with Crippen molar-refractivity contribution in [1.29, 1.82) is 0 Å². The second-order valence-corrected chi connectivity index (χ2v) is 7.69. The summed E-state index contributed by atoms with van der Waals surface area (Å²) in [5.41, 5.74) is 7.68. The Morgan fingerprint density at radius 3 is 2.38 bits per heavy atom. The Balaban J connectivity index is 1.44. The molecule has 2 aromatic carbocycles. The number of carbonyl (C=O) groups is 1. The molecule has 0 spiro atoms. The van der Waals surface area contributed by atoms with Crippen LogP contribution in [-0.2, 0) is 12.8 Å². The highest BCUT2D eigenvalue weighted by Gasteiger charge is 2.24. The molecule has 4 rings (SSSR count). The van der Waals surface area contributed by atoms with Gasteiger partial charge in [0.1, 0.15) is 0 Å². The van der Waals surface area contributed by atoms with Crippen LogP contribution < -0.4 is 4.90 Å². The Hall–Kier alpha value is -2.29. The third-order valence-electron chi connectivity index (χ3n) is 6.08. The number of carbonyl (C=O) groups excluding carboxylic acids is 1. The van der Waals surface area contributed by atoms with E-state index in [9.17, 15) is 4.79 Å². The topological polar surface area (TPSA) is 23.6 Å². The molecule has 0 N–H and O–H groups in total. The van der Waals surface area contributed by atoms with Crippen molar-refractivity contribution < 1.29 is 4.79 Å². The molecule has 1 heterocycles. The number of hydrogen-bond acceptors (Lipinski definition) is 2. The summed E-state index contributed by atoms with van der Waals surface area (Å²) in [4.78, 5) is 17.4. The number of benzene rings is 2. The maximum Gasteiger partial charge on any atom is 0.253 e. The molecule has 1 saturated heterocycles. The van der Waals surface area contributed by atoms with Crippen LogP contribution in [0.5, 0.6) is 0 Å². The molecule has 1 fully saturated rings. The first-order chi connectivity index (χ1) is 12.6. The van der Waals surface area contributed by atoms with Crippen LogP contribution in [-0.4, -0.2) is 37.0 Å². The van der Waals surface area contributed by atoms with Gasteiger partial charge in [-0.2, -0.15) is 0 Å². The van der Waals surface area contributed by atoms with Crippen molar-refractivity contribution in [3.63, 3.8) is 0 Å². The lowest BCUT2D eigenvalue weighted by molar-refractivity contribution is 0.0746. The fourth-order valence-electron chi connectivity index (χ4n) is 4.28. The van der Waals surface area contributed by atoms with Gasteiger partial charge >= 0.3 is 0 Å². The van der Waals surface area contributed by atoms with E-state index in [4.69, 9.17) is 0 Å². The minimum Gasteiger partial charge on any atom is -0.368 e. The molecule has 136 valence electrons. The Labute approximate surface area is 156 Å². The molecule has 0 atom stereocenters. The molecule has 2 aliphatic rings. The first-order valence-corrected chi connectivity index (χ1v) is 9.86. The first kappa shape index (κ1) is 17.1. The molecule has 0 bridgehead atoms. The van der Waals surface area contributed by atoms with Crippen LogP contribution in [0.1, 0.15) is 45.5 Å². The normalized spacial score (nSPS) is 17.2. The van der Waals surface area contributed by atoms with E-state index in [1.54, 1.807) is 0 Å².